The van der Waals surface area contributed by atoms with Crippen molar-refractivity contribution < 1.29 is 34.0 Å². The van der Waals surface area contributed by atoms with Crippen molar-refractivity contribution in [3.63, 3.8) is 0 Å². The molecule has 2 saturated carbocycles. The van der Waals surface area contributed by atoms with Crippen LogP contribution in [0.3, 0.4) is 0 Å². The Morgan fingerprint density at radius 3 is 2.67 bits per heavy atom. The minimum Gasteiger partial charge on any atom is -0.481 e. The molecular weight excluding hydrogens is 244 g/mol. The Hall–Kier alpha value is -1.18. The summed E-state index contributed by atoms with van der Waals surface area (Å²) in [5, 5.41) is 18.2. The molecule has 2 N–H and O–H groups in total. The highest BCUT2D eigenvalue weighted by atomic mass is 16.9. The maximum atomic E-state index is 11.2. The van der Waals surface area contributed by atoms with Crippen LogP contribution >= 0.6 is 0 Å². The van der Waals surface area contributed by atoms with E-state index in [9.17, 15) is 9.59 Å². The summed E-state index contributed by atoms with van der Waals surface area (Å²) in [6.45, 7) is 1.29. The summed E-state index contributed by atoms with van der Waals surface area (Å²) in [4.78, 5) is 22.3. The number of aliphatic carboxylic acids is 2. The molecular formula is C11H14O7. The number of hydrogen-bond acceptors (Lipinski definition) is 5. The highest BCUT2D eigenvalue weighted by Crippen LogP contribution is 2.69. The van der Waals surface area contributed by atoms with E-state index in [1.165, 1.54) is 0 Å². The first-order valence-corrected chi connectivity index (χ1v) is 5.92. The zero-order valence-corrected chi connectivity index (χ0v) is 9.74. The van der Waals surface area contributed by atoms with Gasteiger partial charge in [-0.05, 0) is 13.3 Å². The highest BCUT2D eigenvalue weighted by Gasteiger charge is 2.84. The molecule has 3 fully saturated rings. The van der Waals surface area contributed by atoms with Gasteiger partial charge in [0, 0.05) is 12.5 Å². The molecule has 18 heavy (non-hydrogen) atoms. The summed E-state index contributed by atoms with van der Waals surface area (Å²) in [6.07, 6.45) is -0.214. The average Bonchev–Trinajstić information content (AvgIpc) is 2.62. The molecule has 100 valence electrons. The summed E-state index contributed by atoms with van der Waals surface area (Å²) in [7, 11) is 0. The van der Waals surface area contributed by atoms with E-state index in [0.717, 1.165) is 0 Å². The van der Waals surface area contributed by atoms with Gasteiger partial charge < -0.3 is 24.4 Å². The smallest absolute Gasteiger partial charge is 0.309 e. The first kappa shape index (κ1) is 11.9. The van der Waals surface area contributed by atoms with Crippen LogP contribution in [-0.2, 0) is 23.8 Å². The number of hydrogen-bond donors (Lipinski definition) is 2. The third-order valence-corrected chi connectivity index (χ3v) is 4.12. The van der Waals surface area contributed by atoms with E-state index >= 15 is 0 Å². The summed E-state index contributed by atoms with van der Waals surface area (Å²) in [5.74, 6) is -4.04. The zero-order chi connectivity index (χ0) is 13.1. The zero-order valence-electron chi connectivity index (χ0n) is 9.74. The van der Waals surface area contributed by atoms with Crippen LogP contribution in [-0.4, -0.2) is 46.9 Å². The van der Waals surface area contributed by atoms with E-state index in [2.05, 4.69) is 0 Å². The number of rotatable bonds is 4. The van der Waals surface area contributed by atoms with Crippen molar-refractivity contribution in [1.29, 1.82) is 0 Å². The van der Waals surface area contributed by atoms with E-state index < -0.39 is 47.9 Å². The van der Waals surface area contributed by atoms with E-state index in [1.54, 1.807) is 6.92 Å². The molecule has 0 amide bonds. The van der Waals surface area contributed by atoms with Gasteiger partial charge in [-0.3, -0.25) is 9.59 Å². The van der Waals surface area contributed by atoms with Crippen molar-refractivity contribution in [3.8, 4) is 0 Å². The Labute approximate surface area is 103 Å². The largest absolute Gasteiger partial charge is 0.481 e. The fraction of sp³-hybridized carbons (Fsp3) is 0.818. The standard InChI is InChI=1S/C11H14O7/c1-2-16-10-17-5-3-4(8(12)13)6-7(9(14)15)11(5,6)18-10/h4-7,10H,2-3H2,1H3,(H,12,13)(H,14,15). The van der Waals surface area contributed by atoms with Crippen molar-refractivity contribution in [2.24, 2.45) is 17.8 Å². The lowest BCUT2D eigenvalue weighted by Crippen LogP contribution is -2.28. The molecule has 0 bridgehead atoms. The number of carboxylic acids is 2. The molecule has 0 radical (unpaired) electrons. The molecule has 1 spiro atoms. The van der Waals surface area contributed by atoms with Crippen molar-refractivity contribution in [3.05, 3.63) is 0 Å². The van der Waals surface area contributed by atoms with Gasteiger partial charge in [0.15, 0.2) is 0 Å². The van der Waals surface area contributed by atoms with Gasteiger partial charge in [0.05, 0.1) is 17.9 Å². The third kappa shape index (κ3) is 1.29. The van der Waals surface area contributed by atoms with Gasteiger partial charge in [-0.2, -0.15) is 0 Å². The molecule has 1 heterocycles. The predicted octanol–water partition coefficient (Wildman–Crippen LogP) is -0.104. The SMILES string of the molecule is CCOC1OC2CC(C(=O)O)C3C(C(=O)O)C23O1. The van der Waals surface area contributed by atoms with Crippen LogP contribution in [0.25, 0.3) is 0 Å². The van der Waals surface area contributed by atoms with Gasteiger partial charge >= 0.3 is 11.9 Å². The minimum atomic E-state index is -1.03. The Morgan fingerprint density at radius 2 is 2.11 bits per heavy atom. The molecule has 2 aliphatic carbocycles. The molecule has 1 saturated heterocycles. The summed E-state index contributed by atoms with van der Waals surface area (Å²) >= 11 is 0. The number of ether oxygens (including phenoxy) is 3. The lowest BCUT2D eigenvalue weighted by molar-refractivity contribution is -0.247. The number of carbonyl (C=O) groups is 2. The van der Waals surface area contributed by atoms with Crippen molar-refractivity contribution in [1.82, 2.24) is 0 Å². The summed E-state index contributed by atoms with van der Waals surface area (Å²) < 4.78 is 16.2. The first-order chi connectivity index (χ1) is 8.52. The highest BCUT2D eigenvalue weighted by molar-refractivity contribution is 5.82. The molecule has 7 nitrogen and oxygen atoms in total. The van der Waals surface area contributed by atoms with Crippen LogP contribution in [0.4, 0.5) is 0 Å². The molecule has 0 aromatic carbocycles. The molecule has 7 heteroatoms. The van der Waals surface area contributed by atoms with Crippen LogP contribution in [0.5, 0.6) is 0 Å². The van der Waals surface area contributed by atoms with Gasteiger partial charge in [-0.15, -0.1) is 0 Å². The lowest BCUT2D eigenvalue weighted by Gasteiger charge is -2.13. The predicted molar refractivity (Wildman–Crippen MR) is 54.5 cm³/mol. The second-order valence-electron chi connectivity index (χ2n) is 4.86. The fourth-order valence-corrected chi connectivity index (χ4v) is 3.46. The van der Waals surface area contributed by atoms with E-state index in [1.807, 2.05) is 0 Å². The van der Waals surface area contributed by atoms with Crippen LogP contribution in [0.15, 0.2) is 0 Å². The Kier molecular flexibility index (Phi) is 2.42. The van der Waals surface area contributed by atoms with Crippen LogP contribution in [0.2, 0.25) is 0 Å². The second-order valence-corrected chi connectivity index (χ2v) is 4.86. The lowest BCUT2D eigenvalue weighted by atomic mass is 9.99. The quantitative estimate of drug-likeness (QED) is 0.725. The fourth-order valence-electron chi connectivity index (χ4n) is 3.46. The molecule has 1 aliphatic heterocycles. The molecule has 0 aromatic rings. The maximum Gasteiger partial charge on any atom is 0.309 e. The minimum absolute atomic E-state index is 0.285. The maximum absolute atomic E-state index is 11.2. The normalized spacial score (nSPS) is 48.6. The van der Waals surface area contributed by atoms with E-state index in [-0.39, 0.29) is 6.42 Å². The molecule has 0 aromatic heterocycles. The van der Waals surface area contributed by atoms with Crippen LogP contribution in [0.1, 0.15) is 13.3 Å². The number of carboxylic acid groups (broad SMARTS) is 2. The Bertz CT molecular complexity index is 408. The van der Waals surface area contributed by atoms with Gasteiger partial charge in [0.25, 0.3) is 6.48 Å². The van der Waals surface area contributed by atoms with Gasteiger partial charge in [0.1, 0.15) is 5.60 Å². The molecule has 3 rings (SSSR count). The van der Waals surface area contributed by atoms with Crippen LogP contribution < -0.4 is 0 Å². The second kappa shape index (κ2) is 3.66. The van der Waals surface area contributed by atoms with E-state index in [4.69, 9.17) is 24.4 Å². The van der Waals surface area contributed by atoms with Crippen molar-refractivity contribution in [2.45, 2.75) is 31.5 Å². The summed E-state index contributed by atoms with van der Waals surface area (Å²) in [5.41, 5.74) is -0.991. The third-order valence-electron chi connectivity index (χ3n) is 4.12. The Morgan fingerprint density at radius 1 is 1.39 bits per heavy atom. The molecule has 6 unspecified atom stereocenters. The topological polar surface area (TPSA) is 102 Å². The molecule has 6 atom stereocenters. The van der Waals surface area contributed by atoms with Gasteiger partial charge in [0.2, 0.25) is 0 Å². The van der Waals surface area contributed by atoms with Gasteiger partial charge in [-0.25, -0.2) is 0 Å². The summed E-state index contributed by atoms with van der Waals surface area (Å²) in [6, 6.07) is 0. The van der Waals surface area contributed by atoms with Crippen molar-refractivity contribution >= 4 is 11.9 Å². The van der Waals surface area contributed by atoms with Crippen molar-refractivity contribution in [2.75, 3.05) is 6.61 Å². The monoisotopic (exact) mass is 258 g/mol. The first-order valence-electron chi connectivity index (χ1n) is 5.92. The van der Waals surface area contributed by atoms with E-state index in [0.29, 0.717) is 6.61 Å². The Balaban J connectivity index is 1.84. The van der Waals surface area contributed by atoms with Gasteiger partial charge in [-0.1, -0.05) is 0 Å². The average molecular weight is 258 g/mol. The van der Waals surface area contributed by atoms with Crippen LogP contribution in [0, 0.1) is 17.8 Å². The molecule has 3 aliphatic rings.